The second-order valence-corrected chi connectivity index (χ2v) is 4.52. The first-order chi connectivity index (χ1) is 9.01. The summed E-state index contributed by atoms with van der Waals surface area (Å²) in [5.41, 5.74) is 3.96. The van der Waals surface area contributed by atoms with Crippen molar-refractivity contribution in [3.63, 3.8) is 0 Å². The van der Waals surface area contributed by atoms with Gasteiger partial charge in [0.1, 0.15) is 0 Å². The number of hydrogen-bond donors (Lipinski definition) is 0. The third-order valence-electron chi connectivity index (χ3n) is 2.91. The van der Waals surface area contributed by atoms with E-state index < -0.39 is 4.92 Å². The first kappa shape index (κ1) is 13.0. The lowest BCUT2D eigenvalue weighted by Gasteiger charge is -2.07. The highest BCUT2D eigenvalue weighted by molar-refractivity contribution is 5.88. The number of nitro groups is 1. The number of non-ortho nitro benzene ring substituents is 1. The average Bonchev–Trinajstić information content (AvgIpc) is 2.36. The summed E-state index contributed by atoms with van der Waals surface area (Å²) in [6, 6.07) is 10.1. The lowest BCUT2D eigenvalue weighted by atomic mass is 9.96. The molecule has 0 bridgehead atoms. The molecule has 4 heteroatoms. The lowest BCUT2D eigenvalue weighted by molar-refractivity contribution is -0.384. The minimum absolute atomic E-state index is 0.0141. The molecule has 2 aromatic carbocycles. The Morgan fingerprint density at radius 2 is 1.68 bits per heavy atom. The fourth-order valence-corrected chi connectivity index (χ4v) is 2.14. The maximum absolute atomic E-state index is 11.1. The van der Waals surface area contributed by atoms with Crippen LogP contribution in [-0.2, 0) is 0 Å². The van der Waals surface area contributed by atoms with Gasteiger partial charge < -0.3 is 0 Å². The van der Waals surface area contributed by atoms with E-state index in [0.717, 1.165) is 23.0 Å². The maximum Gasteiger partial charge on any atom is 0.270 e. The minimum atomic E-state index is -0.458. The molecule has 4 nitrogen and oxygen atoms in total. The zero-order chi connectivity index (χ0) is 14.0. The van der Waals surface area contributed by atoms with Gasteiger partial charge in [-0.15, -0.1) is 0 Å². The van der Waals surface area contributed by atoms with E-state index in [1.807, 2.05) is 32.0 Å². The second kappa shape index (κ2) is 5.02. The number of nitro benzene ring substituents is 1. The molecular weight excluding hydrogens is 242 g/mol. The highest BCUT2D eigenvalue weighted by Crippen LogP contribution is 2.28. The summed E-state index contributed by atoms with van der Waals surface area (Å²) in [5.74, 6) is 0. The van der Waals surface area contributed by atoms with Crippen molar-refractivity contribution < 1.29 is 9.72 Å². The number of aryl methyl sites for hydroxylation is 2. The van der Waals surface area contributed by atoms with Gasteiger partial charge in [0.05, 0.1) is 4.92 Å². The van der Waals surface area contributed by atoms with Gasteiger partial charge in [-0.2, -0.15) is 0 Å². The minimum Gasteiger partial charge on any atom is -0.298 e. The van der Waals surface area contributed by atoms with Gasteiger partial charge in [-0.3, -0.25) is 14.9 Å². The second-order valence-electron chi connectivity index (χ2n) is 4.52. The van der Waals surface area contributed by atoms with Crippen molar-refractivity contribution in [2.24, 2.45) is 0 Å². The van der Waals surface area contributed by atoms with Crippen molar-refractivity contribution in [1.82, 2.24) is 0 Å². The Bertz CT molecular complexity index is 642. The van der Waals surface area contributed by atoms with E-state index in [2.05, 4.69) is 0 Å². The number of benzene rings is 2. The normalized spacial score (nSPS) is 10.2. The SMILES string of the molecule is Cc1cc(C)cc(-c2cc([N+](=O)[O-])ccc2C=O)c1. The summed E-state index contributed by atoms with van der Waals surface area (Å²) in [4.78, 5) is 21.5. The maximum atomic E-state index is 11.1. The van der Waals surface area contributed by atoms with Crippen LogP contribution in [0, 0.1) is 24.0 Å². The molecule has 0 radical (unpaired) electrons. The summed E-state index contributed by atoms with van der Waals surface area (Å²) in [6.45, 7) is 3.91. The summed E-state index contributed by atoms with van der Waals surface area (Å²) in [5, 5.41) is 10.8. The van der Waals surface area contributed by atoms with E-state index in [0.29, 0.717) is 11.1 Å². The molecule has 0 saturated carbocycles. The number of rotatable bonds is 3. The van der Waals surface area contributed by atoms with Crippen molar-refractivity contribution in [3.8, 4) is 11.1 Å². The molecule has 2 aromatic rings. The molecule has 0 amide bonds. The molecule has 0 aliphatic rings. The molecular formula is C15H13NO3. The molecule has 0 aliphatic heterocycles. The lowest BCUT2D eigenvalue weighted by Crippen LogP contribution is -1.93. The number of nitrogens with zero attached hydrogens (tertiary/aromatic N) is 1. The summed E-state index contributed by atoms with van der Waals surface area (Å²) in [6.07, 6.45) is 0.719. The van der Waals surface area contributed by atoms with Crippen LogP contribution in [0.4, 0.5) is 5.69 Å². The Morgan fingerprint density at radius 3 is 2.21 bits per heavy atom. The highest BCUT2D eigenvalue weighted by atomic mass is 16.6. The third-order valence-corrected chi connectivity index (χ3v) is 2.91. The van der Waals surface area contributed by atoms with Crippen LogP contribution in [0.2, 0.25) is 0 Å². The van der Waals surface area contributed by atoms with Gasteiger partial charge in [0.25, 0.3) is 5.69 Å². The largest absolute Gasteiger partial charge is 0.298 e. The molecule has 0 spiro atoms. The van der Waals surface area contributed by atoms with Crippen LogP contribution in [0.25, 0.3) is 11.1 Å². The van der Waals surface area contributed by atoms with Crippen molar-refractivity contribution in [1.29, 1.82) is 0 Å². The smallest absolute Gasteiger partial charge is 0.270 e. The predicted octanol–water partition coefficient (Wildman–Crippen LogP) is 3.69. The average molecular weight is 255 g/mol. The van der Waals surface area contributed by atoms with Crippen LogP contribution in [0.3, 0.4) is 0 Å². The zero-order valence-electron chi connectivity index (χ0n) is 10.7. The molecule has 19 heavy (non-hydrogen) atoms. The van der Waals surface area contributed by atoms with E-state index in [1.54, 1.807) is 0 Å². The number of carbonyl (C=O) groups is 1. The van der Waals surface area contributed by atoms with Gasteiger partial charge in [-0.1, -0.05) is 29.3 Å². The predicted molar refractivity (Wildman–Crippen MR) is 73.4 cm³/mol. The van der Waals surface area contributed by atoms with E-state index in [4.69, 9.17) is 0 Å². The molecule has 2 rings (SSSR count). The molecule has 0 heterocycles. The van der Waals surface area contributed by atoms with Gasteiger partial charge in [0, 0.05) is 17.7 Å². The molecule has 0 atom stereocenters. The van der Waals surface area contributed by atoms with Gasteiger partial charge in [-0.25, -0.2) is 0 Å². The third kappa shape index (κ3) is 2.68. The van der Waals surface area contributed by atoms with Crippen molar-refractivity contribution in [3.05, 3.63) is 63.2 Å². The van der Waals surface area contributed by atoms with Crippen LogP contribution in [0.1, 0.15) is 21.5 Å². The van der Waals surface area contributed by atoms with E-state index in [-0.39, 0.29) is 5.69 Å². The van der Waals surface area contributed by atoms with E-state index >= 15 is 0 Å². The van der Waals surface area contributed by atoms with E-state index in [1.165, 1.54) is 18.2 Å². The Kier molecular flexibility index (Phi) is 3.42. The van der Waals surface area contributed by atoms with Crippen LogP contribution >= 0.6 is 0 Å². The molecule has 0 unspecified atom stereocenters. The van der Waals surface area contributed by atoms with Crippen molar-refractivity contribution in [2.45, 2.75) is 13.8 Å². The van der Waals surface area contributed by atoms with Gasteiger partial charge >= 0.3 is 0 Å². The van der Waals surface area contributed by atoms with Gasteiger partial charge in [-0.05, 0) is 31.0 Å². The number of aldehydes is 1. The Labute approximate surface area is 110 Å². The Morgan fingerprint density at radius 1 is 1.05 bits per heavy atom. The fraction of sp³-hybridized carbons (Fsp3) is 0.133. The number of hydrogen-bond acceptors (Lipinski definition) is 3. The van der Waals surface area contributed by atoms with Crippen LogP contribution in [-0.4, -0.2) is 11.2 Å². The first-order valence-corrected chi connectivity index (χ1v) is 5.83. The van der Waals surface area contributed by atoms with Gasteiger partial charge in [0.15, 0.2) is 6.29 Å². The topological polar surface area (TPSA) is 60.2 Å². The first-order valence-electron chi connectivity index (χ1n) is 5.83. The number of carbonyl (C=O) groups excluding carboxylic acids is 1. The molecule has 96 valence electrons. The molecule has 0 aliphatic carbocycles. The quantitative estimate of drug-likeness (QED) is 0.477. The van der Waals surface area contributed by atoms with E-state index in [9.17, 15) is 14.9 Å². The summed E-state index contributed by atoms with van der Waals surface area (Å²) in [7, 11) is 0. The zero-order valence-corrected chi connectivity index (χ0v) is 10.7. The van der Waals surface area contributed by atoms with Crippen molar-refractivity contribution >= 4 is 12.0 Å². The highest BCUT2D eigenvalue weighted by Gasteiger charge is 2.12. The molecule has 0 fully saturated rings. The van der Waals surface area contributed by atoms with Crippen LogP contribution < -0.4 is 0 Å². The van der Waals surface area contributed by atoms with Gasteiger partial charge in [0.2, 0.25) is 0 Å². The molecule has 0 N–H and O–H groups in total. The molecule has 0 saturated heterocycles. The standard InChI is InChI=1S/C15H13NO3/c1-10-5-11(2)7-13(6-10)15-8-14(16(18)19)4-3-12(15)9-17/h3-9H,1-2H3. The molecule has 0 aromatic heterocycles. The fourth-order valence-electron chi connectivity index (χ4n) is 2.14. The monoisotopic (exact) mass is 255 g/mol. The Balaban J connectivity index is 2.67. The van der Waals surface area contributed by atoms with Crippen molar-refractivity contribution in [2.75, 3.05) is 0 Å². The summed E-state index contributed by atoms with van der Waals surface area (Å²) >= 11 is 0. The van der Waals surface area contributed by atoms with Crippen LogP contribution in [0.5, 0.6) is 0 Å². The summed E-state index contributed by atoms with van der Waals surface area (Å²) < 4.78 is 0. The van der Waals surface area contributed by atoms with Crippen LogP contribution in [0.15, 0.2) is 36.4 Å². The Hall–Kier alpha value is -2.49.